The topological polar surface area (TPSA) is 65.2 Å². The average Bonchev–Trinajstić information content (AvgIpc) is 2.43. The number of benzene rings is 1. The van der Waals surface area contributed by atoms with Gasteiger partial charge in [-0.3, -0.25) is 9.78 Å². The highest BCUT2D eigenvalue weighted by molar-refractivity contribution is 7.99. The van der Waals surface area contributed by atoms with Crippen LogP contribution in [0.3, 0.4) is 0 Å². The maximum atomic E-state index is 11.3. The van der Waals surface area contributed by atoms with Gasteiger partial charge in [0.15, 0.2) is 0 Å². The standard InChI is InChI=1S/C14H16N2O2S.2ClH/c1-9-7-13(19-8-11(15)14(17)18-2)10-5-3-4-6-12(10)16-9;;/h3-7,11H,8,15H2,1-2H3;2*1H. The number of aromatic nitrogens is 1. The molecule has 1 unspecified atom stereocenters. The van der Waals surface area contributed by atoms with E-state index >= 15 is 0 Å². The molecule has 0 aliphatic carbocycles. The molecule has 0 aliphatic rings. The number of nitrogens with zero attached hydrogens (tertiary/aromatic N) is 1. The highest BCUT2D eigenvalue weighted by Crippen LogP contribution is 2.28. The lowest BCUT2D eigenvalue weighted by atomic mass is 10.2. The van der Waals surface area contributed by atoms with Gasteiger partial charge in [0.05, 0.1) is 12.6 Å². The second kappa shape index (κ2) is 9.10. The molecule has 0 spiro atoms. The van der Waals surface area contributed by atoms with Crippen LogP contribution < -0.4 is 5.73 Å². The predicted octanol–water partition coefficient (Wildman–Crippen LogP) is 2.98. The Bertz CT molecular complexity index is 611. The molecule has 1 aromatic carbocycles. The van der Waals surface area contributed by atoms with E-state index in [0.717, 1.165) is 21.5 Å². The molecule has 2 aromatic rings. The first-order valence-corrected chi connectivity index (χ1v) is 6.93. The minimum absolute atomic E-state index is 0. The fraction of sp³-hybridized carbons (Fsp3) is 0.286. The van der Waals surface area contributed by atoms with Crippen molar-refractivity contribution in [1.82, 2.24) is 4.98 Å². The van der Waals surface area contributed by atoms with E-state index in [1.54, 1.807) is 11.8 Å². The Kier molecular flexibility index (Phi) is 8.66. The molecule has 0 saturated carbocycles. The Balaban J connectivity index is 0.00000200. The quantitative estimate of drug-likeness (QED) is 0.679. The van der Waals surface area contributed by atoms with Gasteiger partial charge in [-0.15, -0.1) is 36.6 Å². The molecule has 21 heavy (non-hydrogen) atoms. The highest BCUT2D eigenvalue weighted by Gasteiger charge is 2.14. The fourth-order valence-electron chi connectivity index (χ4n) is 1.79. The first kappa shape index (κ1) is 20.0. The van der Waals surface area contributed by atoms with E-state index in [-0.39, 0.29) is 30.8 Å². The van der Waals surface area contributed by atoms with Gasteiger partial charge in [0.2, 0.25) is 0 Å². The van der Waals surface area contributed by atoms with Crippen LogP contribution in [-0.2, 0) is 9.53 Å². The number of thioether (sulfide) groups is 1. The van der Waals surface area contributed by atoms with Crippen molar-refractivity contribution in [3.05, 3.63) is 36.0 Å². The summed E-state index contributed by atoms with van der Waals surface area (Å²) in [7, 11) is 1.35. The number of aryl methyl sites for hydroxylation is 1. The smallest absolute Gasteiger partial charge is 0.323 e. The summed E-state index contributed by atoms with van der Waals surface area (Å²) in [5.41, 5.74) is 7.65. The van der Waals surface area contributed by atoms with Crippen molar-refractivity contribution in [2.24, 2.45) is 5.73 Å². The van der Waals surface area contributed by atoms with Crippen LogP contribution in [-0.4, -0.2) is 29.9 Å². The number of pyridine rings is 1. The third-order valence-corrected chi connectivity index (χ3v) is 3.90. The molecule has 1 atom stereocenters. The van der Waals surface area contributed by atoms with Crippen molar-refractivity contribution < 1.29 is 9.53 Å². The van der Waals surface area contributed by atoms with Gasteiger partial charge < -0.3 is 10.5 Å². The second-order valence-electron chi connectivity index (χ2n) is 4.22. The number of carbonyl (C=O) groups excluding carboxylic acids is 1. The lowest BCUT2D eigenvalue weighted by molar-refractivity contribution is -0.141. The zero-order valence-electron chi connectivity index (χ0n) is 11.7. The van der Waals surface area contributed by atoms with Gasteiger partial charge in [-0.05, 0) is 19.1 Å². The first-order valence-electron chi connectivity index (χ1n) is 5.94. The summed E-state index contributed by atoms with van der Waals surface area (Å²) < 4.78 is 4.62. The minimum atomic E-state index is -0.609. The number of hydrogen-bond acceptors (Lipinski definition) is 5. The van der Waals surface area contributed by atoms with Crippen LogP contribution in [0.2, 0.25) is 0 Å². The fourth-order valence-corrected chi connectivity index (χ4v) is 2.86. The molecule has 2 N–H and O–H groups in total. The number of nitrogens with two attached hydrogens (primary N) is 1. The number of carbonyl (C=O) groups is 1. The molecule has 0 radical (unpaired) electrons. The Morgan fingerprint density at radius 1 is 1.38 bits per heavy atom. The molecular weight excluding hydrogens is 331 g/mol. The monoisotopic (exact) mass is 348 g/mol. The molecule has 1 aromatic heterocycles. The summed E-state index contributed by atoms with van der Waals surface area (Å²) in [4.78, 5) is 16.9. The molecule has 2 rings (SSSR count). The number of methoxy groups -OCH3 is 1. The number of halogens is 2. The third kappa shape index (κ3) is 5.04. The van der Waals surface area contributed by atoms with E-state index in [9.17, 15) is 4.79 Å². The van der Waals surface area contributed by atoms with E-state index in [4.69, 9.17) is 5.73 Å². The van der Waals surface area contributed by atoms with Crippen molar-refractivity contribution >= 4 is 53.4 Å². The number of hydrogen-bond donors (Lipinski definition) is 1. The van der Waals surface area contributed by atoms with Gasteiger partial charge in [0.1, 0.15) is 6.04 Å². The zero-order chi connectivity index (χ0) is 13.8. The van der Waals surface area contributed by atoms with Gasteiger partial charge in [-0.1, -0.05) is 18.2 Å². The number of fused-ring (bicyclic) bond motifs is 1. The highest BCUT2D eigenvalue weighted by atomic mass is 35.5. The van der Waals surface area contributed by atoms with Crippen molar-refractivity contribution in [3.63, 3.8) is 0 Å². The Hall–Kier alpha value is -1.01. The maximum Gasteiger partial charge on any atom is 0.323 e. The third-order valence-electron chi connectivity index (χ3n) is 2.73. The van der Waals surface area contributed by atoms with Crippen molar-refractivity contribution in [2.75, 3.05) is 12.9 Å². The van der Waals surface area contributed by atoms with E-state index in [2.05, 4.69) is 9.72 Å². The number of rotatable bonds is 4. The molecule has 0 amide bonds. The molecular formula is C14H18Cl2N2O2S. The summed E-state index contributed by atoms with van der Waals surface area (Å²) in [6.07, 6.45) is 0. The average molecular weight is 349 g/mol. The Labute approximate surface area is 140 Å². The molecule has 0 fully saturated rings. The molecule has 4 nitrogen and oxygen atoms in total. The Morgan fingerprint density at radius 3 is 2.71 bits per heavy atom. The van der Waals surface area contributed by atoms with Crippen LogP contribution in [0.25, 0.3) is 10.9 Å². The van der Waals surface area contributed by atoms with Crippen LogP contribution in [0.4, 0.5) is 0 Å². The van der Waals surface area contributed by atoms with Gasteiger partial charge in [0, 0.05) is 21.7 Å². The summed E-state index contributed by atoms with van der Waals surface area (Å²) >= 11 is 1.55. The zero-order valence-corrected chi connectivity index (χ0v) is 14.2. The van der Waals surface area contributed by atoms with Gasteiger partial charge >= 0.3 is 5.97 Å². The summed E-state index contributed by atoms with van der Waals surface area (Å²) in [6.45, 7) is 1.96. The molecule has 0 saturated heterocycles. The molecule has 116 valence electrons. The van der Waals surface area contributed by atoms with Crippen molar-refractivity contribution in [2.45, 2.75) is 17.9 Å². The first-order chi connectivity index (χ1) is 9.11. The van der Waals surface area contributed by atoms with E-state index in [0.29, 0.717) is 5.75 Å². The summed E-state index contributed by atoms with van der Waals surface area (Å²) in [5, 5.41) is 1.08. The van der Waals surface area contributed by atoms with Gasteiger partial charge in [-0.25, -0.2) is 0 Å². The van der Waals surface area contributed by atoms with Crippen molar-refractivity contribution in [3.8, 4) is 0 Å². The van der Waals surface area contributed by atoms with E-state index in [1.807, 2.05) is 37.3 Å². The van der Waals surface area contributed by atoms with Crippen molar-refractivity contribution in [1.29, 1.82) is 0 Å². The number of ether oxygens (including phenoxy) is 1. The molecule has 1 heterocycles. The number of para-hydroxylation sites is 1. The molecule has 0 aliphatic heterocycles. The van der Waals surface area contributed by atoms with E-state index < -0.39 is 6.04 Å². The predicted molar refractivity (Wildman–Crippen MR) is 91.7 cm³/mol. The molecule has 0 bridgehead atoms. The maximum absolute atomic E-state index is 11.3. The van der Waals surface area contributed by atoms with Crippen LogP contribution in [0, 0.1) is 6.92 Å². The number of esters is 1. The Morgan fingerprint density at radius 2 is 2.05 bits per heavy atom. The van der Waals surface area contributed by atoms with Crippen LogP contribution in [0.1, 0.15) is 5.69 Å². The van der Waals surface area contributed by atoms with Crippen LogP contribution in [0.5, 0.6) is 0 Å². The second-order valence-corrected chi connectivity index (χ2v) is 5.28. The summed E-state index contributed by atoms with van der Waals surface area (Å²) in [5.74, 6) is 0.0997. The van der Waals surface area contributed by atoms with E-state index in [1.165, 1.54) is 7.11 Å². The summed E-state index contributed by atoms with van der Waals surface area (Å²) in [6, 6.07) is 9.34. The SMILES string of the molecule is COC(=O)C(N)CSc1cc(C)nc2ccccc12.Cl.Cl. The lowest BCUT2D eigenvalue weighted by Crippen LogP contribution is -2.33. The van der Waals surface area contributed by atoms with Gasteiger partial charge in [-0.2, -0.15) is 0 Å². The minimum Gasteiger partial charge on any atom is -0.468 e. The van der Waals surface area contributed by atoms with Gasteiger partial charge in [0.25, 0.3) is 0 Å². The molecule has 7 heteroatoms. The van der Waals surface area contributed by atoms with Crippen LogP contribution >= 0.6 is 36.6 Å². The van der Waals surface area contributed by atoms with Crippen LogP contribution in [0.15, 0.2) is 35.2 Å². The largest absolute Gasteiger partial charge is 0.468 e. The lowest BCUT2D eigenvalue weighted by Gasteiger charge is -2.11. The normalized spacial score (nSPS) is 11.2.